The topological polar surface area (TPSA) is 167 Å². The lowest BCUT2D eigenvalue weighted by atomic mass is 10.1. The van der Waals surface area contributed by atoms with Crippen molar-refractivity contribution < 1.29 is 37.1 Å². The third-order valence-electron chi connectivity index (χ3n) is 5.76. The van der Waals surface area contributed by atoms with Gasteiger partial charge in [-0.05, 0) is 41.8 Å². The molecule has 4 rings (SSSR count). The number of hydrogen-bond acceptors (Lipinski definition) is 10. The molecule has 0 atom stereocenters. The molecule has 13 nitrogen and oxygen atoms in total. The lowest BCUT2D eigenvalue weighted by molar-refractivity contribution is 0.170. The zero-order chi connectivity index (χ0) is 28.0. The van der Waals surface area contributed by atoms with Crippen molar-refractivity contribution >= 4 is 32.9 Å². The molecule has 208 valence electrons. The maximum Gasteiger partial charge on any atom is 0.407 e. The number of rotatable bonds is 12. The van der Waals surface area contributed by atoms with Crippen LogP contribution in [0.2, 0.25) is 0 Å². The molecule has 14 heteroatoms. The summed E-state index contributed by atoms with van der Waals surface area (Å²) >= 11 is 0. The van der Waals surface area contributed by atoms with Gasteiger partial charge in [0.05, 0.1) is 33.6 Å². The molecule has 4 aromatic rings. The Morgan fingerprint density at radius 1 is 1.13 bits per heavy atom. The SMILES string of the molecule is CCc1ccc(OCCO)c(S(=O)(=O)Nc2noc3cc(Cn4cc(CNC(=O)OC)cn4)cc(OC)c23)c1. The highest BCUT2D eigenvalue weighted by atomic mass is 32.2. The van der Waals surface area contributed by atoms with Crippen LogP contribution in [0, 0.1) is 0 Å². The molecular formula is C25H29N5O8S. The van der Waals surface area contributed by atoms with E-state index in [1.54, 1.807) is 41.3 Å². The first kappa shape index (κ1) is 27.7. The molecule has 2 aromatic heterocycles. The number of carbonyl (C=O) groups excluding carboxylic acids is 1. The maximum absolute atomic E-state index is 13.4. The number of nitrogens with zero attached hydrogens (tertiary/aromatic N) is 3. The van der Waals surface area contributed by atoms with Gasteiger partial charge in [-0.25, -0.2) is 13.2 Å². The van der Waals surface area contributed by atoms with E-state index in [1.807, 2.05) is 6.92 Å². The van der Waals surface area contributed by atoms with Gasteiger partial charge >= 0.3 is 6.09 Å². The van der Waals surface area contributed by atoms with E-state index in [2.05, 4.69) is 25.0 Å². The molecular weight excluding hydrogens is 530 g/mol. The average Bonchev–Trinajstić information content (AvgIpc) is 3.56. The Labute approximate surface area is 224 Å². The molecule has 0 saturated heterocycles. The predicted molar refractivity (Wildman–Crippen MR) is 140 cm³/mol. The summed E-state index contributed by atoms with van der Waals surface area (Å²) in [4.78, 5) is 11.2. The van der Waals surface area contributed by atoms with Crippen LogP contribution in [0.1, 0.15) is 23.6 Å². The Bertz CT molecular complexity index is 1560. The molecule has 3 N–H and O–H groups in total. The van der Waals surface area contributed by atoms with Crippen LogP contribution < -0.4 is 19.5 Å². The van der Waals surface area contributed by atoms with E-state index >= 15 is 0 Å². The van der Waals surface area contributed by atoms with Gasteiger partial charge < -0.3 is 29.2 Å². The number of anilines is 1. The predicted octanol–water partition coefficient (Wildman–Crippen LogP) is 2.67. The Morgan fingerprint density at radius 3 is 2.67 bits per heavy atom. The Morgan fingerprint density at radius 2 is 1.95 bits per heavy atom. The van der Waals surface area contributed by atoms with Crippen LogP contribution in [0.3, 0.4) is 0 Å². The lowest BCUT2D eigenvalue weighted by Gasteiger charge is -2.13. The summed E-state index contributed by atoms with van der Waals surface area (Å²) in [5.74, 6) is 0.412. The zero-order valence-corrected chi connectivity index (χ0v) is 22.4. The highest BCUT2D eigenvalue weighted by Crippen LogP contribution is 2.36. The maximum atomic E-state index is 13.4. The standard InChI is InChI=1S/C25H29N5O8S/c1-4-16-5-6-19(37-8-7-31)22(11-16)39(33,34)29-24-23-20(35-2)9-17(10-21(23)38-28-24)14-30-15-18(13-27-30)12-26-25(32)36-3/h5-6,9-11,13,15,31H,4,7-8,12,14H2,1-3H3,(H,26,32)(H,28,29). The number of alkyl carbamates (subject to hydrolysis) is 1. The van der Waals surface area contributed by atoms with Gasteiger partial charge in [-0.3, -0.25) is 9.40 Å². The van der Waals surface area contributed by atoms with Crippen molar-refractivity contribution in [1.82, 2.24) is 20.3 Å². The molecule has 0 spiro atoms. The summed E-state index contributed by atoms with van der Waals surface area (Å²) in [6, 6.07) is 8.29. The molecule has 0 bridgehead atoms. The van der Waals surface area contributed by atoms with Crippen molar-refractivity contribution in [3.05, 3.63) is 59.4 Å². The van der Waals surface area contributed by atoms with E-state index in [0.29, 0.717) is 29.7 Å². The van der Waals surface area contributed by atoms with Crippen molar-refractivity contribution in [2.24, 2.45) is 0 Å². The molecule has 0 aliphatic carbocycles. The van der Waals surface area contributed by atoms with Crippen molar-refractivity contribution in [3.8, 4) is 11.5 Å². The van der Waals surface area contributed by atoms with Crippen LogP contribution in [-0.2, 0) is 34.3 Å². The molecule has 39 heavy (non-hydrogen) atoms. The minimum Gasteiger partial charge on any atom is -0.496 e. The quantitative estimate of drug-likeness (QED) is 0.235. The summed E-state index contributed by atoms with van der Waals surface area (Å²) in [7, 11) is -1.40. The highest BCUT2D eigenvalue weighted by Gasteiger charge is 2.25. The molecule has 0 fully saturated rings. The highest BCUT2D eigenvalue weighted by molar-refractivity contribution is 7.92. The van der Waals surface area contributed by atoms with Crippen molar-refractivity contribution in [2.75, 3.05) is 32.2 Å². The normalized spacial score (nSPS) is 11.4. The monoisotopic (exact) mass is 559 g/mol. The first-order valence-electron chi connectivity index (χ1n) is 12.0. The first-order valence-corrected chi connectivity index (χ1v) is 13.4. The Hall–Kier alpha value is -4.30. The molecule has 0 saturated carbocycles. The number of fused-ring (bicyclic) bond motifs is 1. The van der Waals surface area contributed by atoms with Gasteiger partial charge in [-0.2, -0.15) is 5.10 Å². The van der Waals surface area contributed by atoms with Crippen LogP contribution >= 0.6 is 0 Å². The van der Waals surface area contributed by atoms with E-state index in [0.717, 1.165) is 16.7 Å². The molecule has 0 unspecified atom stereocenters. The van der Waals surface area contributed by atoms with Crippen LogP contribution in [0.15, 0.2) is 52.1 Å². The largest absolute Gasteiger partial charge is 0.496 e. The second kappa shape index (κ2) is 12.0. The Balaban J connectivity index is 1.60. The minimum absolute atomic E-state index is 0.0429. The molecule has 0 aliphatic heterocycles. The number of aliphatic hydroxyl groups is 1. The van der Waals surface area contributed by atoms with E-state index < -0.39 is 16.1 Å². The molecule has 0 radical (unpaired) electrons. The zero-order valence-electron chi connectivity index (χ0n) is 21.6. The minimum atomic E-state index is -4.15. The fourth-order valence-electron chi connectivity index (χ4n) is 3.87. The summed E-state index contributed by atoms with van der Waals surface area (Å²) in [5.41, 5.74) is 2.64. The van der Waals surface area contributed by atoms with E-state index in [9.17, 15) is 13.2 Å². The van der Waals surface area contributed by atoms with Crippen LogP contribution in [0.4, 0.5) is 10.6 Å². The third-order valence-corrected chi connectivity index (χ3v) is 7.12. The average molecular weight is 560 g/mol. The number of methoxy groups -OCH3 is 2. The second-order valence-corrected chi connectivity index (χ2v) is 10.1. The van der Waals surface area contributed by atoms with Crippen LogP contribution in [-0.4, -0.2) is 62.0 Å². The summed E-state index contributed by atoms with van der Waals surface area (Å²) in [6.45, 7) is 2.19. The van der Waals surface area contributed by atoms with E-state index in [4.69, 9.17) is 19.1 Å². The molecule has 0 aliphatic rings. The van der Waals surface area contributed by atoms with Gasteiger partial charge in [0.25, 0.3) is 10.0 Å². The van der Waals surface area contributed by atoms with Gasteiger partial charge in [-0.15, -0.1) is 0 Å². The number of aromatic nitrogens is 3. The molecule has 2 heterocycles. The number of aryl methyl sites for hydroxylation is 1. The number of nitrogens with one attached hydrogen (secondary N) is 2. The van der Waals surface area contributed by atoms with Crippen molar-refractivity contribution in [1.29, 1.82) is 0 Å². The number of hydrogen-bond donors (Lipinski definition) is 3. The summed E-state index contributed by atoms with van der Waals surface area (Å²) in [5, 5.41) is 20.3. The molecule has 2 aromatic carbocycles. The van der Waals surface area contributed by atoms with Gasteiger partial charge in [-0.1, -0.05) is 18.1 Å². The lowest BCUT2D eigenvalue weighted by Crippen LogP contribution is -2.21. The summed E-state index contributed by atoms with van der Waals surface area (Å²) in [6.07, 6.45) is 3.47. The van der Waals surface area contributed by atoms with E-state index in [1.165, 1.54) is 20.3 Å². The molecule has 1 amide bonds. The van der Waals surface area contributed by atoms with Crippen LogP contribution in [0.25, 0.3) is 11.0 Å². The fourth-order valence-corrected chi connectivity index (χ4v) is 5.07. The third kappa shape index (κ3) is 6.41. The van der Waals surface area contributed by atoms with Crippen molar-refractivity contribution in [2.45, 2.75) is 31.3 Å². The van der Waals surface area contributed by atoms with Gasteiger partial charge in [0.2, 0.25) is 0 Å². The number of ether oxygens (including phenoxy) is 3. The number of sulfonamides is 1. The Kier molecular flexibility index (Phi) is 8.56. The first-order chi connectivity index (χ1) is 18.8. The summed E-state index contributed by atoms with van der Waals surface area (Å²) < 4.78 is 52.0. The van der Waals surface area contributed by atoms with Crippen LogP contribution in [0.5, 0.6) is 11.5 Å². The number of amides is 1. The van der Waals surface area contributed by atoms with Gasteiger partial charge in [0.15, 0.2) is 11.4 Å². The van der Waals surface area contributed by atoms with Crippen molar-refractivity contribution in [3.63, 3.8) is 0 Å². The number of carbonyl (C=O) groups is 1. The second-order valence-electron chi connectivity index (χ2n) is 8.41. The number of aliphatic hydroxyl groups excluding tert-OH is 1. The fraction of sp³-hybridized carbons (Fsp3) is 0.320. The number of benzene rings is 2. The van der Waals surface area contributed by atoms with E-state index in [-0.39, 0.29) is 36.2 Å². The van der Waals surface area contributed by atoms with Gasteiger partial charge in [0.1, 0.15) is 28.4 Å². The smallest absolute Gasteiger partial charge is 0.407 e. The van der Waals surface area contributed by atoms with Gasteiger partial charge in [0, 0.05) is 18.3 Å².